The lowest BCUT2D eigenvalue weighted by molar-refractivity contribution is -0.000614. The van der Waals surface area contributed by atoms with E-state index in [0.717, 1.165) is 17.8 Å². The van der Waals surface area contributed by atoms with Gasteiger partial charge in [-0.3, -0.25) is 4.90 Å². The summed E-state index contributed by atoms with van der Waals surface area (Å²) in [5.74, 6) is 3.52. The van der Waals surface area contributed by atoms with Gasteiger partial charge in [0.15, 0.2) is 6.71 Å². The van der Waals surface area contributed by atoms with Gasteiger partial charge in [0.1, 0.15) is 0 Å². The van der Waals surface area contributed by atoms with Crippen LogP contribution in [-0.4, -0.2) is 34.1 Å². The largest absolute Gasteiger partial charge is 0.320 e. The van der Waals surface area contributed by atoms with E-state index in [9.17, 15) is 0 Å². The maximum atomic E-state index is 3.24. The summed E-state index contributed by atoms with van der Waals surface area (Å²) >= 11 is 0. The van der Waals surface area contributed by atoms with Crippen molar-refractivity contribution in [2.75, 3.05) is 0 Å². The Balaban J connectivity index is 1.36. The average Bonchev–Trinajstić information content (AvgIpc) is 3.20. The Kier molecular flexibility index (Phi) is 7.95. The first-order valence-corrected chi connectivity index (χ1v) is 20.9. The molecule has 0 aromatic rings. The highest BCUT2D eigenvalue weighted by atomic mass is 15.3. The van der Waals surface area contributed by atoms with Gasteiger partial charge < -0.3 is 4.90 Å². The zero-order chi connectivity index (χ0) is 35.1. The van der Waals surface area contributed by atoms with Crippen LogP contribution in [0.5, 0.6) is 0 Å². The van der Waals surface area contributed by atoms with Crippen molar-refractivity contribution in [1.29, 1.82) is 0 Å². The summed E-state index contributed by atoms with van der Waals surface area (Å²) in [6, 6.07) is 1.22. The summed E-state index contributed by atoms with van der Waals surface area (Å²) < 4.78 is 0. The third-order valence-electron chi connectivity index (χ3n) is 16.5. The van der Waals surface area contributed by atoms with Gasteiger partial charge in [0, 0.05) is 34.7 Å². The van der Waals surface area contributed by atoms with Crippen molar-refractivity contribution in [2.45, 2.75) is 189 Å². The Morgan fingerprint density at radius 2 is 1.51 bits per heavy atom. The molecule has 3 aliphatic heterocycles. The van der Waals surface area contributed by atoms with E-state index < -0.39 is 0 Å². The fraction of sp³-hybridized carbons (Fsp3) is 0.783. The molecule has 268 valence electrons. The fourth-order valence-corrected chi connectivity index (χ4v) is 13.6. The highest BCUT2D eigenvalue weighted by molar-refractivity contribution is 6.72. The van der Waals surface area contributed by atoms with Gasteiger partial charge in [0.05, 0.1) is 0 Å². The molecule has 0 radical (unpaired) electrons. The number of hydrogen-bond acceptors (Lipinski definition) is 2. The van der Waals surface area contributed by atoms with Crippen LogP contribution in [0.4, 0.5) is 0 Å². The van der Waals surface area contributed by atoms with Crippen molar-refractivity contribution in [1.82, 2.24) is 9.80 Å². The van der Waals surface area contributed by atoms with E-state index in [1.807, 2.05) is 5.47 Å². The molecule has 3 fully saturated rings. The highest BCUT2D eigenvalue weighted by Gasteiger charge is 2.71. The predicted octanol–water partition coefficient (Wildman–Crippen LogP) is 12.5. The van der Waals surface area contributed by atoms with Gasteiger partial charge in [-0.25, -0.2) is 0 Å². The molecule has 7 unspecified atom stereocenters. The van der Waals surface area contributed by atoms with Gasteiger partial charge in [-0.1, -0.05) is 116 Å². The second-order valence-corrected chi connectivity index (χ2v) is 22.2. The minimum Gasteiger partial charge on any atom is -0.320 e. The number of hydrogen-bond donors (Lipinski definition) is 0. The third kappa shape index (κ3) is 5.10. The van der Waals surface area contributed by atoms with Gasteiger partial charge in [0.2, 0.25) is 0 Å². The first-order chi connectivity index (χ1) is 22.8. The molecule has 8 aliphatic rings. The molecule has 0 aromatic carbocycles. The van der Waals surface area contributed by atoms with Gasteiger partial charge in [-0.15, -0.1) is 0 Å². The van der Waals surface area contributed by atoms with Crippen LogP contribution in [0.1, 0.15) is 160 Å². The predicted molar refractivity (Wildman–Crippen MR) is 210 cm³/mol. The van der Waals surface area contributed by atoms with E-state index in [2.05, 4.69) is 117 Å². The number of allylic oxidation sites excluding steroid dienone is 6. The molecule has 3 heteroatoms. The molecule has 7 atom stereocenters. The number of rotatable bonds is 1. The SMILES string of the molecule is CC1=CC2=C3B(C4CC(C(C)(C)C)CC=C4N2C2=CCC(C(C)(C)C)CC2)C2C=C(C(C)(C)C)CC4C2N(C3C1)C(C)(C)C41CCCCC1. The van der Waals surface area contributed by atoms with Crippen molar-refractivity contribution in [2.24, 2.45) is 39.4 Å². The molecule has 2 nitrogen and oxygen atoms in total. The maximum absolute atomic E-state index is 3.24. The van der Waals surface area contributed by atoms with E-state index in [-0.39, 0.29) is 11.0 Å². The van der Waals surface area contributed by atoms with E-state index in [1.165, 1.54) is 77.0 Å². The molecule has 1 saturated carbocycles. The van der Waals surface area contributed by atoms with E-state index in [4.69, 9.17) is 0 Å². The van der Waals surface area contributed by atoms with Crippen molar-refractivity contribution in [3.63, 3.8) is 0 Å². The second kappa shape index (κ2) is 11.3. The zero-order valence-corrected chi connectivity index (χ0v) is 33.8. The van der Waals surface area contributed by atoms with Crippen LogP contribution < -0.4 is 0 Å². The number of fused-ring (bicyclic) bond motifs is 5. The van der Waals surface area contributed by atoms with Crippen LogP contribution in [0.25, 0.3) is 0 Å². The molecule has 0 N–H and O–H groups in total. The molecule has 0 amide bonds. The van der Waals surface area contributed by atoms with Crippen molar-refractivity contribution >= 4 is 6.71 Å². The molecule has 49 heavy (non-hydrogen) atoms. The summed E-state index contributed by atoms with van der Waals surface area (Å²) in [6.45, 7) is 31.1. The minimum absolute atomic E-state index is 0.207. The van der Waals surface area contributed by atoms with Gasteiger partial charge in [-0.05, 0) is 136 Å². The minimum atomic E-state index is 0.207. The van der Waals surface area contributed by atoms with Crippen molar-refractivity contribution in [3.05, 3.63) is 58.0 Å². The van der Waals surface area contributed by atoms with E-state index >= 15 is 0 Å². The topological polar surface area (TPSA) is 6.48 Å². The van der Waals surface area contributed by atoms with Crippen LogP contribution in [-0.2, 0) is 0 Å². The van der Waals surface area contributed by atoms with Crippen LogP contribution in [0.15, 0.2) is 58.0 Å². The zero-order valence-electron chi connectivity index (χ0n) is 33.8. The second-order valence-electron chi connectivity index (χ2n) is 22.2. The summed E-state index contributed by atoms with van der Waals surface area (Å²) in [7, 11) is 0. The lowest BCUT2D eigenvalue weighted by atomic mass is 9.22. The highest BCUT2D eigenvalue weighted by Crippen LogP contribution is 2.71. The summed E-state index contributed by atoms with van der Waals surface area (Å²) in [5.41, 5.74) is 11.7. The maximum Gasteiger partial charge on any atom is 0.193 e. The summed E-state index contributed by atoms with van der Waals surface area (Å²) in [5, 5.41) is 0. The normalized spacial score (nSPS) is 37.2. The van der Waals surface area contributed by atoms with Gasteiger partial charge in [-0.2, -0.15) is 0 Å². The lowest BCUT2D eigenvalue weighted by Crippen LogP contribution is -2.65. The quantitative estimate of drug-likeness (QED) is 0.204. The summed E-state index contributed by atoms with van der Waals surface area (Å²) in [6.07, 6.45) is 27.2. The Morgan fingerprint density at radius 1 is 0.837 bits per heavy atom. The molecule has 3 heterocycles. The van der Waals surface area contributed by atoms with Crippen LogP contribution in [0.3, 0.4) is 0 Å². The first-order valence-electron chi connectivity index (χ1n) is 20.9. The van der Waals surface area contributed by atoms with Crippen LogP contribution in [0.2, 0.25) is 11.6 Å². The summed E-state index contributed by atoms with van der Waals surface area (Å²) in [4.78, 5) is 6.16. The molecular weight excluding hydrogens is 591 g/mol. The van der Waals surface area contributed by atoms with E-state index in [1.54, 1.807) is 28.2 Å². The van der Waals surface area contributed by atoms with Crippen molar-refractivity contribution < 1.29 is 0 Å². The Bertz CT molecular complexity index is 1520. The Morgan fingerprint density at radius 3 is 2.12 bits per heavy atom. The molecule has 5 aliphatic carbocycles. The molecular formula is C46H71BN2. The smallest absolute Gasteiger partial charge is 0.193 e. The fourth-order valence-electron chi connectivity index (χ4n) is 13.6. The molecule has 2 saturated heterocycles. The van der Waals surface area contributed by atoms with Crippen LogP contribution in [0, 0.1) is 39.4 Å². The molecule has 0 aromatic heterocycles. The van der Waals surface area contributed by atoms with Crippen molar-refractivity contribution in [3.8, 4) is 0 Å². The Labute approximate surface area is 302 Å². The monoisotopic (exact) mass is 663 g/mol. The first kappa shape index (κ1) is 34.6. The lowest BCUT2D eigenvalue weighted by Gasteiger charge is -2.61. The molecule has 1 spiro atoms. The average molecular weight is 663 g/mol. The standard InChI is InChI=1S/C46H71BN2/c1-29-24-38-40-39(25-29)49-41-34(46(45(49,11)12)22-14-13-15-23-46)26-32(44(8,9)10)28-36(41)47(40)35-27-31(43(5,6)7)18-21-37(35)48(38)33-19-16-30(17-20-33)42(2,3)4/h19,21,24,28,30-31,34-36,39,41H,13-18,20,22-23,25-27H2,1-12H3. The molecule has 8 rings (SSSR count). The molecule has 0 bridgehead atoms. The number of nitrogens with zero attached hydrogens (tertiary/aromatic N) is 2. The van der Waals surface area contributed by atoms with Gasteiger partial charge >= 0.3 is 0 Å². The van der Waals surface area contributed by atoms with Gasteiger partial charge in [0.25, 0.3) is 0 Å². The van der Waals surface area contributed by atoms with Crippen LogP contribution >= 0.6 is 0 Å². The third-order valence-corrected chi connectivity index (χ3v) is 16.5. The Hall–Kier alpha value is -1.48. The van der Waals surface area contributed by atoms with E-state index in [0.29, 0.717) is 46.7 Å².